The summed E-state index contributed by atoms with van der Waals surface area (Å²) in [5.41, 5.74) is 34.7. The molecule has 0 aliphatic carbocycles. The van der Waals surface area contributed by atoms with Gasteiger partial charge in [0.05, 0.1) is 33.8 Å². The Labute approximate surface area is 209 Å². The number of anilines is 5. The van der Waals surface area contributed by atoms with Gasteiger partial charge in [0.1, 0.15) is 0 Å². The number of nitrogens with zero attached hydrogens (tertiary/aromatic N) is 2. The van der Waals surface area contributed by atoms with Crippen LogP contribution in [0.5, 0.6) is 0 Å². The molecule has 1 heterocycles. The van der Waals surface area contributed by atoms with Crippen LogP contribution in [-0.4, -0.2) is 9.97 Å². The van der Waals surface area contributed by atoms with Crippen LogP contribution in [-0.2, 0) is 0 Å². The number of nitrogen functional groups attached to an aromatic ring is 5. The lowest BCUT2D eigenvalue weighted by atomic mass is 10.1. The summed E-state index contributed by atoms with van der Waals surface area (Å²) in [6, 6.07) is 27.3. The molecule has 0 saturated carbocycles. The summed E-state index contributed by atoms with van der Waals surface area (Å²) in [6.07, 6.45) is 3.34. The fourth-order valence-corrected chi connectivity index (χ4v) is 3.72. The number of rotatable bonds is 0. The quantitative estimate of drug-likeness (QED) is 0.181. The monoisotopic (exact) mass is 475 g/mol. The molecule has 6 aromatic rings. The summed E-state index contributed by atoms with van der Waals surface area (Å²) in [6.45, 7) is 1.96. The Morgan fingerprint density at radius 3 is 1.64 bits per heavy atom. The summed E-state index contributed by atoms with van der Waals surface area (Å²) in [4.78, 5) is 8.31. The van der Waals surface area contributed by atoms with Gasteiger partial charge in [-0.3, -0.25) is 9.97 Å². The summed E-state index contributed by atoms with van der Waals surface area (Å²) in [5, 5.41) is 4.41. The molecular weight excluding hydrogens is 446 g/mol. The third-order valence-corrected chi connectivity index (χ3v) is 5.81. The van der Waals surface area contributed by atoms with Crippen molar-refractivity contribution >= 4 is 61.0 Å². The molecule has 0 fully saturated rings. The first-order chi connectivity index (χ1) is 17.3. The van der Waals surface area contributed by atoms with Crippen LogP contribution in [0.2, 0.25) is 0 Å². The van der Waals surface area contributed by atoms with E-state index in [0.717, 1.165) is 43.8 Å². The Hall–Kier alpha value is -5.04. The van der Waals surface area contributed by atoms with E-state index in [-0.39, 0.29) is 0 Å². The molecule has 7 heteroatoms. The number of nitrogens with two attached hydrogens (primary N) is 5. The van der Waals surface area contributed by atoms with Gasteiger partial charge in [0.15, 0.2) is 0 Å². The maximum Gasteiger partial charge on any atom is 0.0907 e. The Morgan fingerprint density at radius 2 is 1.03 bits per heavy atom. The van der Waals surface area contributed by atoms with Gasteiger partial charge in [0, 0.05) is 23.5 Å². The maximum atomic E-state index is 5.79. The lowest BCUT2D eigenvalue weighted by Crippen LogP contribution is -1.94. The van der Waals surface area contributed by atoms with Crippen molar-refractivity contribution in [2.75, 3.05) is 28.7 Å². The van der Waals surface area contributed by atoms with Gasteiger partial charge in [-0.1, -0.05) is 54.6 Å². The highest BCUT2D eigenvalue weighted by molar-refractivity contribution is 5.98. The van der Waals surface area contributed by atoms with Gasteiger partial charge in [-0.25, -0.2) is 0 Å². The van der Waals surface area contributed by atoms with E-state index in [1.165, 1.54) is 0 Å². The molecular formula is C29H29N7. The second kappa shape index (κ2) is 10.5. The van der Waals surface area contributed by atoms with E-state index >= 15 is 0 Å². The van der Waals surface area contributed by atoms with Gasteiger partial charge in [-0.15, -0.1) is 0 Å². The summed E-state index contributed by atoms with van der Waals surface area (Å²) < 4.78 is 0. The van der Waals surface area contributed by atoms with Crippen molar-refractivity contribution in [2.45, 2.75) is 6.92 Å². The highest BCUT2D eigenvalue weighted by Gasteiger charge is 2.00. The van der Waals surface area contributed by atoms with E-state index in [0.29, 0.717) is 22.7 Å². The standard InChI is InChI=1S/2C10H10N2.C9H9N3/c11-9-5-7-3-1-2-4-8(7)6-10(9)12;11-9-6-5-7-3-1-2-4-8(7)10(9)12;1-6-4-8-9(5-7(6)10)12-3-2-11-8/h2*1-6H,11-12H2;2-5H,10H2,1H3. The molecule has 7 nitrogen and oxygen atoms in total. The Morgan fingerprint density at radius 1 is 0.500 bits per heavy atom. The SMILES string of the molecule is Cc1cc2nccnc2cc1N.Nc1cc2ccccc2cc1N.Nc1ccc2ccccc2c1N. The lowest BCUT2D eigenvalue weighted by molar-refractivity contribution is 1.28. The minimum absolute atomic E-state index is 0.647. The summed E-state index contributed by atoms with van der Waals surface area (Å²) in [5.74, 6) is 0. The number of benzene rings is 5. The normalized spacial score (nSPS) is 10.4. The first kappa shape index (κ1) is 24.1. The first-order valence-corrected chi connectivity index (χ1v) is 11.4. The van der Waals surface area contributed by atoms with Gasteiger partial charge in [-0.2, -0.15) is 0 Å². The third-order valence-electron chi connectivity index (χ3n) is 5.81. The lowest BCUT2D eigenvalue weighted by Gasteiger charge is -2.03. The van der Waals surface area contributed by atoms with E-state index in [4.69, 9.17) is 28.7 Å². The number of aryl methyl sites for hydroxylation is 1. The van der Waals surface area contributed by atoms with E-state index in [9.17, 15) is 0 Å². The van der Waals surface area contributed by atoms with Crippen LogP contribution in [0.15, 0.2) is 97.3 Å². The fraction of sp³-hybridized carbons (Fsp3) is 0.0345. The molecule has 0 radical (unpaired) electrons. The number of hydrogen-bond donors (Lipinski definition) is 5. The first-order valence-electron chi connectivity index (χ1n) is 11.4. The van der Waals surface area contributed by atoms with Crippen LogP contribution in [0.4, 0.5) is 28.4 Å². The van der Waals surface area contributed by atoms with Crippen LogP contribution in [0.3, 0.4) is 0 Å². The molecule has 36 heavy (non-hydrogen) atoms. The summed E-state index contributed by atoms with van der Waals surface area (Å²) in [7, 11) is 0. The van der Waals surface area contributed by atoms with Crippen molar-refractivity contribution in [3.8, 4) is 0 Å². The van der Waals surface area contributed by atoms with Gasteiger partial charge >= 0.3 is 0 Å². The minimum atomic E-state index is 0.647. The third kappa shape index (κ3) is 5.37. The molecule has 5 aromatic carbocycles. The van der Waals surface area contributed by atoms with Gasteiger partial charge in [-0.05, 0) is 59.0 Å². The molecule has 0 aliphatic rings. The van der Waals surface area contributed by atoms with Gasteiger partial charge in [0.25, 0.3) is 0 Å². The second-order valence-corrected chi connectivity index (χ2v) is 8.37. The average molecular weight is 476 g/mol. The summed E-state index contributed by atoms with van der Waals surface area (Å²) >= 11 is 0. The fourth-order valence-electron chi connectivity index (χ4n) is 3.72. The largest absolute Gasteiger partial charge is 0.398 e. The predicted octanol–water partition coefficient (Wildman–Crippen LogP) is 5.53. The van der Waals surface area contributed by atoms with Crippen molar-refractivity contribution in [3.63, 3.8) is 0 Å². The van der Waals surface area contributed by atoms with Crippen molar-refractivity contribution in [1.29, 1.82) is 0 Å². The number of aromatic nitrogens is 2. The van der Waals surface area contributed by atoms with E-state index < -0.39 is 0 Å². The van der Waals surface area contributed by atoms with Crippen molar-refractivity contribution in [3.05, 3.63) is 103 Å². The molecule has 0 spiro atoms. The van der Waals surface area contributed by atoms with Gasteiger partial charge < -0.3 is 28.7 Å². The average Bonchev–Trinajstić information content (AvgIpc) is 2.89. The van der Waals surface area contributed by atoms with E-state index in [1.807, 2.05) is 91.9 Å². The zero-order chi connectivity index (χ0) is 25.7. The van der Waals surface area contributed by atoms with Crippen LogP contribution < -0.4 is 28.7 Å². The zero-order valence-electron chi connectivity index (χ0n) is 20.0. The Bertz CT molecular complexity index is 1490. The smallest absolute Gasteiger partial charge is 0.0907 e. The van der Waals surface area contributed by atoms with Crippen LogP contribution >= 0.6 is 0 Å². The van der Waals surface area contributed by atoms with E-state index in [2.05, 4.69) is 9.97 Å². The second-order valence-electron chi connectivity index (χ2n) is 8.37. The molecule has 0 amide bonds. The molecule has 6 rings (SSSR count). The van der Waals surface area contributed by atoms with Crippen molar-refractivity contribution in [1.82, 2.24) is 9.97 Å². The predicted molar refractivity (Wildman–Crippen MR) is 154 cm³/mol. The molecule has 0 saturated heterocycles. The molecule has 0 unspecified atom stereocenters. The molecule has 0 aliphatic heterocycles. The highest BCUT2D eigenvalue weighted by atomic mass is 14.8. The minimum Gasteiger partial charge on any atom is -0.398 e. The molecule has 0 bridgehead atoms. The topological polar surface area (TPSA) is 156 Å². The number of hydrogen-bond acceptors (Lipinski definition) is 7. The Kier molecular flexibility index (Phi) is 7.02. The zero-order valence-corrected chi connectivity index (χ0v) is 20.0. The number of fused-ring (bicyclic) bond motifs is 3. The Balaban J connectivity index is 0.000000127. The molecule has 0 atom stereocenters. The molecule has 1 aromatic heterocycles. The molecule has 180 valence electrons. The van der Waals surface area contributed by atoms with Crippen molar-refractivity contribution < 1.29 is 0 Å². The highest BCUT2D eigenvalue weighted by Crippen LogP contribution is 2.26. The van der Waals surface area contributed by atoms with Crippen LogP contribution in [0.1, 0.15) is 5.56 Å². The van der Waals surface area contributed by atoms with Crippen molar-refractivity contribution in [2.24, 2.45) is 0 Å². The molecule has 10 N–H and O–H groups in total. The van der Waals surface area contributed by atoms with Crippen LogP contribution in [0, 0.1) is 6.92 Å². The maximum absolute atomic E-state index is 5.79. The van der Waals surface area contributed by atoms with Crippen LogP contribution in [0.25, 0.3) is 32.6 Å². The van der Waals surface area contributed by atoms with E-state index in [1.54, 1.807) is 12.4 Å². The van der Waals surface area contributed by atoms with Gasteiger partial charge in [0.2, 0.25) is 0 Å².